The highest BCUT2D eigenvalue weighted by Crippen LogP contribution is 2.39. The van der Waals surface area contributed by atoms with E-state index in [4.69, 9.17) is 5.11 Å². The second kappa shape index (κ2) is 7.19. The molecule has 2 N–H and O–H groups in total. The van der Waals surface area contributed by atoms with Crippen LogP contribution in [0.5, 0.6) is 0 Å². The van der Waals surface area contributed by atoms with E-state index in [2.05, 4.69) is 20.4 Å². The number of nitrogens with zero attached hydrogens (tertiary/aromatic N) is 4. The fourth-order valence-electron chi connectivity index (χ4n) is 3.02. The van der Waals surface area contributed by atoms with Crippen molar-refractivity contribution in [2.75, 3.05) is 5.32 Å². The Labute approximate surface area is 157 Å². The molecule has 0 aliphatic heterocycles. The quantitative estimate of drug-likeness (QED) is 0.666. The molecule has 1 aliphatic carbocycles. The van der Waals surface area contributed by atoms with Crippen molar-refractivity contribution in [2.45, 2.75) is 38.5 Å². The normalized spacial score (nSPS) is 13.5. The lowest BCUT2D eigenvalue weighted by Crippen LogP contribution is -2.01. The first-order valence-electron chi connectivity index (χ1n) is 9.04. The molecule has 7 nitrogen and oxygen atoms in total. The molecule has 3 aromatic rings. The summed E-state index contributed by atoms with van der Waals surface area (Å²) in [7, 11) is 0. The molecule has 1 aromatic carbocycles. The zero-order valence-electron chi connectivity index (χ0n) is 15.1. The van der Waals surface area contributed by atoms with E-state index < -0.39 is 5.97 Å². The molecule has 2 heterocycles. The third-order valence-electron chi connectivity index (χ3n) is 4.52. The zero-order valence-corrected chi connectivity index (χ0v) is 15.1. The van der Waals surface area contributed by atoms with Crippen LogP contribution in [0.4, 0.5) is 11.6 Å². The average molecular weight is 363 g/mol. The van der Waals surface area contributed by atoms with Gasteiger partial charge in [0.15, 0.2) is 0 Å². The number of carbonyl (C=O) groups is 1. The highest BCUT2D eigenvalue weighted by molar-refractivity contribution is 5.67. The van der Waals surface area contributed by atoms with Gasteiger partial charge < -0.3 is 10.4 Å². The maximum absolute atomic E-state index is 10.7. The summed E-state index contributed by atoms with van der Waals surface area (Å²) in [6, 6.07) is 8.02. The molecule has 138 valence electrons. The minimum atomic E-state index is -0.807. The predicted molar refractivity (Wildman–Crippen MR) is 102 cm³/mol. The van der Waals surface area contributed by atoms with Gasteiger partial charge in [-0.25, -0.2) is 14.6 Å². The van der Waals surface area contributed by atoms with E-state index in [0.717, 1.165) is 28.2 Å². The Morgan fingerprint density at radius 2 is 2.19 bits per heavy atom. The van der Waals surface area contributed by atoms with Crippen LogP contribution < -0.4 is 5.32 Å². The largest absolute Gasteiger partial charge is 0.481 e. The van der Waals surface area contributed by atoms with Gasteiger partial charge in [0.1, 0.15) is 0 Å². The van der Waals surface area contributed by atoms with Crippen molar-refractivity contribution in [3.63, 3.8) is 0 Å². The number of carboxylic acid groups (broad SMARTS) is 1. The Kier molecular flexibility index (Phi) is 4.58. The number of carboxylic acids is 1. The molecule has 0 atom stereocenters. The number of aromatic nitrogens is 4. The zero-order chi connectivity index (χ0) is 18.8. The topological polar surface area (TPSA) is 92.9 Å². The number of benzene rings is 1. The van der Waals surface area contributed by atoms with Gasteiger partial charge in [-0.1, -0.05) is 0 Å². The Hall–Kier alpha value is -3.22. The summed E-state index contributed by atoms with van der Waals surface area (Å²) in [5.41, 5.74) is 4.86. The maximum Gasteiger partial charge on any atom is 0.303 e. The summed E-state index contributed by atoms with van der Waals surface area (Å²) < 4.78 is 1.76. The first-order chi connectivity index (χ1) is 13.1. The first kappa shape index (κ1) is 17.2. The summed E-state index contributed by atoms with van der Waals surface area (Å²) in [6.45, 7) is 2.02. The van der Waals surface area contributed by atoms with E-state index >= 15 is 0 Å². The molecule has 0 saturated heterocycles. The van der Waals surface area contributed by atoms with Gasteiger partial charge in [0, 0.05) is 36.1 Å². The summed E-state index contributed by atoms with van der Waals surface area (Å²) in [5, 5.41) is 16.5. The molecule has 1 saturated carbocycles. The van der Waals surface area contributed by atoms with Crippen molar-refractivity contribution in [1.29, 1.82) is 0 Å². The lowest BCUT2D eigenvalue weighted by molar-refractivity contribution is -0.136. The summed E-state index contributed by atoms with van der Waals surface area (Å²) in [5.74, 6) is 0.367. The minimum Gasteiger partial charge on any atom is -0.481 e. The smallest absolute Gasteiger partial charge is 0.303 e. The van der Waals surface area contributed by atoms with Gasteiger partial charge in [-0.2, -0.15) is 5.10 Å². The third kappa shape index (κ3) is 4.31. The highest BCUT2D eigenvalue weighted by atomic mass is 16.4. The number of anilines is 2. The molecule has 0 radical (unpaired) electrons. The SMILES string of the molecule is Cc1cc(Nc2nccc(C3CC3)n2)cc(-n2cc(CCC(=O)O)cn2)c1. The maximum atomic E-state index is 10.7. The number of aliphatic carboxylic acids is 1. The average Bonchev–Trinajstić information content (AvgIpc) is 3.38. The van der Waals surface area contributed by atoms with Gasteiger partial charge in [-0.15, -0.1) is 0 Å². The Bertz CT molecular complexity index is 978. The summed E-state index contributed by atoms with van der Waals surface area (Å²) in [4.78, 5) is 19.7. The molecule has 0 spiro atoms. The van der Waals surface area contributed by atoms with Gasteiger partial charge in [0.2, 0.25) is 5.95 Å². The minimum absolute atomic E-state index is 0.0982. The monoisotopic (exact) mass is 363 g/mol. The van der Waals surface area contributed by atoms with Crippen molar-refractivity contribution < 1.29 is 9.90 Å². The van der Waals surface area contributed by atoms with Crippen LogP contribution in [0.1, 0.15) is 42.0 Å². The molecule has 1 fully saturated rings. The van der Waals surface area contributed by atoms with Gasteiger partial charge in [0.25, 0.3) is 0 Å². The van der Waals surface area contributed by atoms with Crippen LogP contribution in [0, 0.1) is 6.92 Å². The van der Waals surface area contributed by atoms with Gasteiger partial charge in [-0.05, 0) is 61.6 Å². The van der Waals surface area contributed by atoms with Gasteiger partial charge >= 0.3 is 5.97 Å². The number of aryl methyl sites for hydroxylation is 2. The molecule has 0 amide bonds. The third-order valence-corrected chi connectivity index (χ3v) is 4.52. The fraction of sp³-hybridized carbons (Fsp3) is 0.300. The van der Waals surface area contributed by atoms with Crippen molar-refractivity contribution >= 4 is 17.6 Å². The Morgan fingerprint density at radius 3 is 2.96 bits per heavy atom. The molecule has 0 bridgehead atoms. The molecular weight excluding hydrogens is 342 g/mol. The van der Waals surface area contributed by atoms with E-state index in [-0.39, 0.29) is 6.42 Å². The molecule has 1 aliphatic rings. The Morgan fingerprint density at radius 1 is 1.33 bits per heavy atom. The van der Waals surface area contributed by atoms with Crippen molar-refractivity contribution in [3.8, 4) is 5.69 Å². The first-order valence-corrected chi connectivity index (χ1v) is 9.04. The second-order valence-electron chi connectivity index (χ2n) is 6.95. The van der Waals surface area contributed by atoms with Crippen LogP contribution in [-0.2, 0) is 11.2 Å². The lowest BCUT2D eigenvalue weighted by Gasteiger charge is -2.10. The van der Waals surface area contributed by atoms with Crippen LogP contribution in [0.15, 0.2) is 42.9 Å². The van der Waals surface area contributed by atoms with Crippen LogP contribution in [0.25, 0.3) is 5.69 Å². The summed E-state index contributed by atoms with van der Waals surface area (Å²) in [6.07, 6.45) is 8.34. The van der Waals surface area contributed by atoms with Crippen molar-refractivity contribution in [3.05, 3.63) is 59.7 Å². The molecule has 7 heteroatoms. The summed E-state index contributed by atoms with van der Waals surface area (Å²) >= 11 is 0. The van der Waals surface area contributed by atoms with E-state index in [1.54, 1.807) is 17.1 Å². The van der Waals surface area contributed by atoms with Crippen LogP contribution >= 0.6 is 0 Å². The van der Waals surface area contributed by atoms with Crippen LogP contribution in [0.2, 0.25) is 0 Å². The van der Waals surface area contributed by atoms with Crippen LogP contribution in [-0.4, -0.2) is 30.8 Å². The fourth-order valence-corrected chi connectivity index (χ4v) is 3.02. The number of hydrogen-bond acceptors (Lipinski definition) is 5. The van der Waals surface area contributed by atoms with E-state index in [9.17, 15) is 4.79 Å². The second-order valence-corrected chi connectivity index (χ2v) is 6.95. The molecular formula is C20H21N5O2. The lowest BCUT2D eigenvalue weighted by atomic mass is 10.2. The number of hydrogen-bond donors (Lipinski definition) is 2. The predicted octanol–water partition coefficient (Wildman–Crippen LogP) is 3.61. The molecule has 0 unspecified atom stereocenters. The van der Waals surface area contributed by atoms with Crippen molar-refractivity contribution in [2.24, 2.45) is 0 Å². The Balaban J connectivity index is 1.54. The molecule has 4 rings (SSSR count). The van der Waals surface area contributed by atoms with E-state index in [0.29, 0.717) is 18.3 Å². The van der Waals surface area contributed by atoms with E-state index in [1.807, 2.05) is 37.4 Å². The number of nitrogens with one attached hydrogen (secondary N) is 1. The van der Waals surface area contributed by atoms with Gasteiger partial charge in [0.05, 0.1) is 11.9 Å². The standard InChI is InChI=1S/C20H21N5O2/c1-13-8-16(23-20-21-7-6-18(24-20)15-3-4-15)10-17(9-13)25-12-14(11-22-25)2-5-19(26)27/h6-12,15H,2-5H2,1H3,(H,26,27)(H,21,23,24). The number of rotatable bonds is 7. The molecule has 2 aromatic heterocycles. The highest BCUT2D eigenvalue weighted by Gasteiger charge is 2.25. The van der Waals surface area contributed by atoms with Gasteiger partial charge in [-0.3, -0.25) is 4.79 Å². The van der Waals surface area contributed by atoms with Crippen molar-refractivity contribution in [1.82, 2.24) is 19.7 Å². The van der Waals surface area contributed by atoms with Crippen LogP contribution in [0.3, 0.4) is 0 Å². The molecule has 27 heavy (non-hydrogen) atoms. The van der Waals surface area contributed by atoms with E-state index in [1.165, 1.54) is 12.8 Å².